The van der Waals surface area contributed by atoms with E-state index in [0.717, 1.165) is 22.3 Å². The largest absolute Gasteiger partial charge is 0.338 e. The van der Waals surface area contributed by atoms with Gasteiger partial charge in [-0.1, -0.05) is 35.9 Å². The number of aryl methyl sites for hydroxylation is 1. The third-order valence-electron chi connectivity index (χ3n) is 5.06. The number of hydrogen-bond acceptors (Lipinski definition) is 2. The zero-order valence-electron chi connectivity index (χ0n) is 15.6. The van der Waals surface area contributed by atoms with Gasteiger partial charge in [-0.2, -0.15) is 5.26 Å². The average molecular weight is 408 g/mol. The smallest absolute Gasteiger partial charge is 0.0991 e. The van der Waals surface area contributed by atoms with Gasteiger partial charge in [0.2, 0.25) is 0 Å². The van der Waals surface area contributed by atoms with Gasteiger partial charge >= 0.3 is 0 Å². The van der Waals surface area contributed by atoms with Crippen LogP contribution in [0.4, 0.5) is 0 Å². The first-order valence-electron chi connectivity index (χ1n) is 8.78. The Labute approximate surface area is 175 Å². The van der Waals surface area contributed by atoms with E-state index in [-0.39, 0.29) is 12.4 Å². The predicted molar refractivity (Wildman–Crippen MR) is 117 cm³/mol. The molecule has 4 rings (SSSR count). The second kappa shape index (κ2) is 8.06. The minimum Gasteiger partial charge on any atom is -0.338 e. The summed E-state index contributed by atoms with van der Waals surface area (Å²) in [6, 6.07) is 19.8. The number of pyridine rings is 1. The fraction of sp³-hybridized carbons (Fsp3) is 0.130. The zero-order chi connectivity index (χ0) is 19.0. The molecule has 0 aliphatic carbocycles. The van der Waals surface area contributed by atoms with Crippen LogP contribution in [0.3, 0.4) is 0 Å². The van der Waals surface area contributed by atoms with Crippen molar-refractivity contribution in [1.82, 2.24) is 9.55 Å². The van der Waals surface area contributed by atoms with Crippen molar-refractivity contribution in [2.75, 3.05) is 0 Å². The number of nitrogens with zero attached hydrogens (tertiary/aromatic N) is 3. The maximum absolute atomic E-state index is 9.20. The van der Waals surface area contributed by atoms with Crippen molar-refractivity contribution in [3.8, 4) is 17.3 Å². The minimum atomic E-state index is 0. The van der Waals surface area contributed by atoms with Gasteiger partial charge in [-0.05, 0) is 55.3 Å². The molecule has 0 radical (unpaired) electrons. The van der Waals surface area contributed by atoms with Crippen molar-refractivity contribution in [1.29, 1.82) is 5.26 Å². The Morgan fingerprint density at radius 2 is 1.82 bits per heavy atom. The molecule has 4 aromatic rings. The Balaban J connectivity index is 0.00000225. The molecule has 0 amide bonds. The van der Waals surface area contributed by atoms with Gasteiger partial charge < -0.3 is 4.57 Å². The van der Waals surface area contributed by atoms with E-state index in [1.54, 1.807) is 0 Å². The molecule has 0 bridgehead atoms. The van der Waals surface area contributed by atoms with Crippen molar-refractivity contribution in [2.24, 2.45) is 0 Å². The monoisotopic (exact) mass is 407 g/mol. The number of benzene rings is 2. The molecule has 0 unspecified atom stereocenters. The first-order valence-corrected chi connectivity index (χ1v) is 9.15. The molecule has 0 fully saturated rings. The van der Waals surface area contributed by atoms with E-state index in [2.05, 4.69) is 41.6 Å². The zero-order valence-corrected chi connectivity index (χ0v) is 17.2. The van der Waals surface area contributed by atoms with Crippen LogP contribution in [-0.4, -0.2) is 9.55 Å². The summed E-state index contributed by atoms with van der Waals surface area (Å²) in [5.74, 6) is 0. The Morgan fingerprint density at radius 1 is 1.07 bits per heavy atom. The summed E-state index contributed by atoms with van der Waals surface area (Å²) in [5, 5.41) is 11.1. The van der Waals surface area contributed by atoms with Crippen LogP contribution in [0.2, 0.25) is 5.02 Å². The molecule has 0 aliphatic rings. The summed E-state index contributed by atoms with van der Waals surface area (Å²) in [6.07, 6.45) is 1.86. The van der Waals surface area contributed by atoms with Crippen LogP contribution in [0.15, 0.2) is 60.8 Å². The lowest BCUT2D eigenvalue weighted by molar-refractivity contribution is 0.800. The second-order valence-electron chi connectivity index (χ2n) is 6.67. The molecule has 3 nitrogen and oxygen atoms in total. The van der Waals surface area contributed by atoms with E-state index < -0.39 is 0 Å². The standard InChI is InChI=1S/C23H18ClN3.ClH/c1-15-16(2)27(14-18-5-3-4-17(12-18)13-25)23-21(15)10-11-26-22(23)19-6-8-20(24)9-7-19;/h3-12H,14H2,1-2H3;1H. The number of aromatic nitrogens is 2. The average Bonchev–Trinajstić information content (AvgIpc) is 2.94. The molecule has 2 heterocycles. The summed E-state index contributed by atoms with van der Waals surface area (Å²) in [5.41, 5.74) is 7.31. The number of halogens is 2. The summed E-state index contributed by atoms with van der Waals surface area (Å²) in [4.78, 5) is 4.68. The maximum Gasteiger partial charge on any atom is 0.0991 e. The van der Waals surface area contributed by atoms with Gasteiger partial charge in [-0.25, -0.2) is 0 Å². The SMILES string of the molecule is Cc1c(C)n(Cc2cccc(C#N)c2)c2c(-c3ccc(Cl)cc3)nccc12.Cl. The van der Waals surface area contributed by atoms with Crippen LogP contribution < -0.4 is 0 Å². The van der Waals surface area contributed by atoms with Crippen molar-refractivity contribution >= 4 is 34.9 Å². The van der Waals surface area contributed by atoms with Gasteiger partial charge in [0.1, 0.15) is 0 Å². The fourth-order valence-corrected chi connectivity index (χ4v) is 3.66. The van der Waals surface area contributed by atoms with E-state index in [1.807, 2.05) is 48.7 Å². The van der Waals surface area contributed by atoms with Crippen LogP contribution in [-0.2, 0) is 6.54 Å². The molecule has 0 saturated carbocycles. The van der Waals surface area contributed by atoms with Gasteiger partial charge in [0.25, 0.3) is 0 Å². The van der Waals surface area contributed by atoms with Crippen LogP contribution in [0.25, 0.3) is 22.2 Å². The van der Waals surface area contributed by atoms with E-state index in [1.165, 1.54) is 16.6 Å². The normalized spacial score (nSPS) is 10.5. The minimum absolute atomic E-state index is 0. The number of hydrogen-bond donors (Lipinski definition) is 0. The van der Waals surface area contributed by atoms with Gasteiger partial charge in [0, 0.05) is 34.4 Å². The van der Waals surface area contributed by atoms with Crippen molar-refractivity contribution in [3.05, 3.63) is 88.2 Å². The lowest BCUT2D eigenvalue weighted by atomic mass is 10.1. The van der Waals surface area contributed by atoms with Gasteiger partial charge in [0.15, 0.2) is 0 Å². The number of rotatable bonds is 3. The van der Waals surface area contributed by atoms with Crippen molar-refractivity contribution < 1.29 is 0 Å². The number of fused-ring (bicyclic) bond motifs is 1. The molecule has 140 valence electrons. The highest BCUT2D eigenvalue weighted by atomic mass is 35.5. The molecule has 0 spiro atoms. The summed E-state index contributed by atoms with van der Waals surface area (Å²) < 4.78 is 2.29. The Kier molecular flexibility index (Phi) is 5.74. The molecular weight excluding hydrogens is 389 g/mol. The van der Waals surface area contributed by atoms with Gasteiger partial charge in [-0.3, -0.25) is 4.98 Å². The van der Waals surface area contributed by atoms with E-state index in [9.17, 15) is 5.26 Å². The topological polar surface area (TPSA) is 41.6 Å². The first-order chi connectivity index (χ1) is 13.1. The van der Waals surface area contributed by atoms with E-state index in [4.69, 9.17) is 11.6 Å². The van der Waals surface area contributed by atoms with Gasteiger partial charge in [-0.15, -0.1) is 12.4 Å². The summed E-state index contributed by atoms with van der Waals surface area (Å²) in [7, 11) is 0. The molecule has 2 aromatic heterocycles. The molecule has 28 heavy (non-hydrogen) atoms. The lowest BCUT2D eigenvalue weighted by Crippen LogP contribution is -2.03. The molecule has 5 heteroatoms. The van der Waals surface area contributed by atoms with Crippen LogP contribution in [0, 0.1) is 25.2 Å². The predicted octanol–water partition coefficient (Wildman–Crippen LogP) is 6.32. The van der Waals surface area contributed by atoms with Crippen molar-refractivity contribution in [3.63, 3.8) is 0 Å². The molecule has 0 atom stereocenters. The van der Waals surface area contributed by atoms with Crippen LogP contribution in [0.1, 0.15) is 22.4 Å². The van der Waals surface area contributed by atoms with Crippen LogP contribution in [0.5, 0.6) is 0 Å². The Hall–Kier alpha value is -2.80. The highest BCUT2D eigenvalue weighted by Gasteiger charge is 2.16. The van der Waals surface area contributed by atoms with E-state index >= 15 is 0 Å². The second-order valence-corrected chi connectivity index (χ2v) is 7.11. The Bertz CT molecular complexity index is 1190. The quantitative estimate of drug-likeness (QED) is 0.398. The maximum atomic E-state index is 9.20. The third-order valence-corrected chi connectivity index (χ3v) is 5.31. The summed E-state index contributed by atoms with van der Waals surface area (Å²) >= 11 is 6.06. The highest BCUT2D eigenvalue weighted by molar-refractivity contribution is 6.30. The molecule has 0 saturated heterocycles. The first kappa shape index (κ1) is 19.9. The molecule has 2 aromatic carbocycles. The molecule has 0 N–H and O–H groups in total. The number of nitriles is 1. The molecular formula is C23H19Cl2N3. The summed E-state index contributed by atoms with van der Waals surface area (Å²) in [6.45, 7) is 4.97. The fourth-order valence-electron chi connectivity index (χ4n) is 3.53. The van der Waals surface area contributed by atoms with Gasteiger partial charge in [0.05, 0.1) is 22.8 Å². The lowest BCUT2D eigenvalue weighted by Gasteiger charge is -2.12. The highest BCUT2D eigenvalue weighted by Crippen LogP contribution is 2.33. The van der Waals surface area contributed by atoms with E-state index in [0.29, 0.717) is 17.1 Å². The van der Waals surface area contributed by atoms with Crippen LogP contribution >= 0.6 is 24.0 Å². The molecule has 0 aliphatic heterocycles. The van der Waals surface area contributed by atoms with Crippen molar-refractivity contribution in [2.45, 2.75) is 20.4 Å². The Morgan fingerprint density at radius 3 is 2.54 bits per heavy atom. The third kappa shape index (κ3) is 3.49.